The fraction of sp³-hybridized carbons (Fsp3) is 0.818. The minimum absolute atomic E-state index is 0.0457. The Morgan fingerprint density at radius 2 is 2.41 bits per heavy atom. The maximum Gasteiger partial charge on any atom is 0.202 e. The van der Waals surface area contributed by atoms with E-state index in [4.69, 9.17) is 10.5 Å². The molecule has 1 aromatic rings. The average Bonchev–Trinajstić information content (AvgIpc) is 2.97. The van der Waals surface area contributed by atoms with Gasteiger partial charge in [0.2, 0.25) is 5.13 Å². The number of nitrogens with two attached hydrogens (primary N) is 1. The first kappa shape index (κ1) is 12.7. The molecule has 1 fully saturated rings. The van der Waals surface area contributed by atoms with Crippen LogP contribution in [0.2, 0.25) is 0 Å². The Hall–Kier alpha value is -0.720. The third-order valence-corrected chi connectivity index (χ3v) is 4.09. The molecule has 3 atom stereocenters. The molecule has 17 heavy (non-hydrogen) atoms. The van der Waals surface area contributed by atoms with E-state index in [0.29, 0.717) is 12.0 Å². The summed E-state index contributed by atoms with van der Waals surface area (Å²) >= 11 is 1.40. The molecule has 0 aliphatic heterocycles. The van der Waals surface area contributed by atoms with Crippen LogP contribution in [0.4, 0.5) is 5.13 Å². The molecule has 1 heterocycles. The van der Waals surface area contributed by atoms with E-state index < -0.39 is 0 Å². The molecule has 5 nitrogen and oxygen atoms in total. The van der Waals surface area contributed by atoms with E-state index in [1.807, 2.05) is 6.92 Å². The third-order valence-electron chi connectivity index (χ3n) is 3.43. The standard InChI is InChI=1S/C11H20N4OS/c1-7(16-2)10-14-11(17-15-10)13-9-5-3-4-8(9)6-12/h7-9H,3-6,12H2,1-2H3,(H,13,14,15). The molecule has 6 heteroatoms. The predicted octanol–water partition coefficient (Wildman–Crippen LogP) is 1.78. The van der Waals surface area contributed by atoms with Crippen LogP contribution < -0.4 is 11.1 Å². The lowest BCUT2D eigenvalue weighted by Gasteiger charge is -2.18. The van der Waals surface area contributed by atoms with Crippen molar-refractivity contribution in [2.45, 2.75) is 38.3 Å². The number of aromatic nitrogens is 2. The Kier molecular flexibility index (Phi) is 4.31. The van der Waals surface area contributed by atoms with Crippen molar-refractivity contribution in [3.63, 3.8) is 0 Å². The van der Waals surface area contributed by atoms with E-state index >= 15 is 0 Å². The number of anilines is 1. The largest absolute Gasteiger partial charge is 0.374 e. The van der Waals surface area contributed by atoms with E-state index in [-0.39, 0.29) is 6.10 Å². The Labute approximate surface area is 106 Å². The Morgan fingerprint density at radius 1 is 1.59 bits per heavy atom. The van der Waals surface area contributed by atoms with Gasteiger partial charge in [-0.15, -0.1) is 0 Å². The highest BCUT2D eigenvalue weighted by atomic mass is 32.1. The summed E-state index contributed by atoms with van der Waals surface area (Å²) in [5.74, 6) is 1.32. The van der Waals surface area contributed by atoms with Gasteiger partial charge in [-0.1, -0.05) is 6.42 Å². The van der Waals surface area contributed by atoms with Crippen molar-refractivity contribution in [1.82, 2.24) is 9.36 Å². The minimum atomic E-state index is -0.0457. The summed E-state index contributed by atoms with van der Waals surface area (Å²) in [6.07, 6.45) is 3.60. The molecule has 0 amide bonds. The highest BCUT2D eigenvalue weighted by molar-refractivity contribution is 7.09. The number of nitrogens with zero attached hydrogens (tertiary/aromatic N) is 2. The first-order valence-corrected chi connectivity index (χ1v) is 6.85. The van der Waals surface area contributed by atoms with Gasteiger partial charge < -0.3 is 15.8 Å². The maximum atomic E-state index is 5.76. The number of hydrogen-bond donors (Lipinski definition) is 2. The first-order valence-electron chi connectivity index (χ1n) is 6.07. The van der Waals surface area contributed by atoms with Crippen LogP contribution in [-0.4, -0.2) is 29.1 Å². The first-order chi connectivity index (χ1) is 8.24. The van der Waals surface area contributed by atoms with Gasteiger partial charge >= 0.3 is 0 Å². The summed E-state index contributed by atoms with van der Waals surface area (Å²) in [5, 5.41) is 4.33. The van der Waals surface area contributed by atoms with Crippen LogP contribution in [-0.2, 0) is 4.74 Å². The van der Waals surface area contributed by atoms with Gasteiger partial charge in [0.05, 0.1) is 0 Å². The van der Waals surface area contributed by atoms with Crippen LogP contribution in [0.1, 0.15) is 38.1 Å². The molecule has 0 spiro atoms. The molecule has 1 saturated carbocycles. The van der Waals surface area contributed by atoms with Gasteiger partial charge in [-0.25, -0.2) is 4.98 Å². The molecule has 0 bridgehead atoms. The van der Waals surface area contributed by atoms with Crippen molar-refractivity contribution in [2.75, 3.05) is 19.0 Å². The Balaban J connectivity index is 1.96. The van der Waals surface area contributed by atoms with Crippen molar-refractivity contribution >= 4 is 16.7 Å². The topological polar surface area (TPSA) is 73.1 Å². The molecule has 96 valence electrons. The molecule has 3 unspecified atom stereocenters. The zero-order valence-electron chi connectivity index (χ0n) is 10.3. The van der Waals surface area contributed by atoms with Gasteiger partial charge in [-0.3, -0.25) is 0 Å². The van der Waals surface area contributed by atoms with Crippen molar-refractivity contribution in [1.29, 1.82) is 0 Å². The summed E-state index contributed by atoms with van der Waals surface area (Å²) < 4.78 is 9.49. The maximum absolute atomic E-state index is 5.76. The summed E-state index contributed by atoms with van der Waals surface area (Å²) in [5.41, 5.74) is 5.76. The van der Waals surface area contributed by atoms with Crippen molar-refractivity contribution in [3.05, 3.63) is 5.82 Å². The van der Waals surface area contributed by atoms with Crippen molar-refractivity contribution in [2.24, 2.45) is 11.7 Å². The lowest BCUT2D eigenvalue weighted by atomic mass is 10.0. The van der Waals surface area contributed by atoms with Gasteiger partial charge in [0, 0.05) is 24.7 Å². The SMILES string of the molecule is COC(C)c1nsc(NC2CCCC2CN)n1. The van der Waals surface area contributed by atoms with Crippen LogP contribution in [0.15, 0.2) is 0 Å². The van der Waals surface area contributed by atoms with Crippen LogP contribution >= 0.6 is 11.5 Å². The quantitative estimate of drug-likeness (QED) is 0.840. The van der Waals surface area contributed by atoms with Crippen LogP contribution in [0.3, 0.4) is 0 Å². The Morgan fingerprint density at radius 3 is 3.12 bits per heavy atom. The summed E-state index contributed by atoms with van der Waals surface area (Å²) in [7, 11) is 1.67. The number of nitrogens with one attached hydrogen (secondary N) is 1. The lowest BCUT2D eigenvalue weighted by molar-refractivity contribution is 0.113. The molecule has 1 aromatic heterocycles. The highest BCUT2D eigenvalue weighted by Crippen LogP contribution is 2.28. The van der Waals surface area contributed by atoms with Gasteiger partial charge in [0.1, 0.15) is 6.10 Å². The number of methoxy groups -OCH3 is 1. The second-order valence-electron chi connectivity index (χ2n) is 4.51. The normalized spacial score (nSPS) is 26.1. The van der Waals surface area contributed by atoms with Gasteiger partial charge in [-0.2, -0.15) is 4.37 Å². The molecular weight excluding hydrogens is 236 g/mol. The summed E-state index contributed by atoms with van der Waals surface area (Å²) in [6.45, 7) is 2.70. The molecule has 0 saturated heterocycles. The van der Waals surface area contributed by atoms with E-state index in [2.05, 4.69) is 14.7 Å². The van der Waals surface area contributed by atoms with Crippen molar-refractivity contribution < 1.29 is 4.74 Å². The molecule has 1 aliphatic carbocycles. The fourth-order valence-corrected chi connectivity index (χ4v) is 2.94. The number of hydrogen-bond acceptors (Lipinski definition) is 6. The van der Waals surface area contributed by atoms with Crippen LogP contribution in [0.5, 0.6) is 0 Å². The molecule has 1 aliphatic rings. The van der Waals surface area contributed by atoms with E-state index in [1.54, 1.807) is 7.11 Å². The zero-order chi connectivity index (χ0) is 12.3. The molecule has 2 rings (SSSR count). The van der Waals surface area contributed by atoms with E-state index in [0.717, 1.165) is 17.5 Å². The monoisotopic (exact) mass is 256 g/mol. The summed E-state index contributed by atoms with van der Waals surface area (Å²) in [4.78, 5) is 4.44. The van der Waals surface area contributed by atoms with E-state index in [1.165, 1.54) is 30.8 Å². The van der Waals surface area contributed by atoms with E-state index in [9.17, 15) is 0 Å². The highest BCUT2D eigenvalue weighted by Gasteiger charge is 2.26. The third kappa shape index (κ3) is 2.94. The zero-order valence-corrected chi connectivity index (χ0v) is 11.2. The summed E-state index contributed by atoms with van der Waals surface area (Å²) in [6, 6.07) is 0.457. The van der Waals surface area contributed by atoms with Gasteiger partial charge in [0.25, 0.3) is 0 Å². The number of ether oxygens (including phenoxy) is 1. The van der Waals surface area contributed by atoms with Crippen LogP contribution in [0, 0.1) is 5.92 Å². The number of rotatable bonds is 5. The van der Waals surface area contributed by atoms with Gasteiger partial charge in [0.15, 0.2) is 5.82 Å². The molecular formula is C11H20N4OS. The van der Waals surface area contributed by atoms with Crippen LogP contribution in [0.25, 0.3) is 0 Å². The molecule has 0 radical (unpaired) electrons. The molecule has 0 aromatic carbocycles. The minimum Gasteiger partial charge on any atom is -0.374 e. The second-order valence-corrected chi connectivity index (χ2v) is 5.27. The average molecular weight is 256 g/mol. The fourth-order valence-electron chi connectivity index (χ4n) is 2.23. The second kappa shape index (κ2) is 5.75. The van der Waals surface area contributed by atoms with Crippen molar-refractivity contribution in [3.8, 4) is 0 Å². The lowest BCUT2D eigenvalue weighted by Crippen LogP contribution is -2.29. The van der Waals surface area contributed by atoms with Gasteiger partial charge in [-0.05, 0) is 32.2 Å². The molecule has 3 N–H and O–H groups in total. The predicted molar refractivity (Wildman–Crippen MR) is 69.1 cm³/mol. The Bertz CT molecular complexity index is 357. The smallest absolute Gasteiger partial charge is 0.202 e.